The summed E-state index contributed by atoms with van der Waals surface area (Å²) in [4.78, 5) is 17.6. The summed E-state index contributed by atoms with van der Waals surface area (Å²) in [6.45, 7) is 6.05. The van der Waals surface area contributed by atoms with Gasteiger partial charge in [-0.2, -0.15) is 0 Å². The topological polar surface area (TPSA) is 80.4 Å². The van der Waals surface area contributed by atoms with E-state index in [2.05, 4.69) is 40.0 Å². The van der Waals surface area contributed by atoms with Crippen LogP contribution in [0, 0.1) is 20.8 Å². The van der Waals surface area contributed by atoms with Gasteiger partial charge in [-0.15, -0.1) is 21.5 Å². The molecule has 3 heterocycles. The number of thiophene rings is 1. The van der Waals surface area contributed by atoms with Gasteiger partial charge in [0.2, 0.25) is 0 Å². The minimum Gasteiger partial charge on any atom is -0.481 e. The number of carboxylic acid groups (broad SMARTS) is 1. The van der Waals surface area contributed by atoms with Crippen molar-refractivity contribution in [3.8, 4) is 5.00 Å². The Hall–Kier alpha value is -2.32. The molecule has 0 spiro atoms. The summed E-state index contributed by atoms with van der Waals surface area (Å²) in [7, 11) is 0. The van der Waals surface area contributed by atoms with Crippen LogP contribution in [0.4, 0.5) is 0 Å². The van der Waals surface area contributed by atoms with Crippen LogP contribution in [0.3, 0.4) is 0 Å². The molecule has 2 aromatic heterocycles. The second kappa shape index (κ2) is 6.69. The van der Waals surface area contributed by atoms with E-state index in [0.29, 0.717) is 5.82 Å². The van der Waals surface area contributed by atoms with E-state index in [1.165, 1.54) is 4.88 Å². The van der Waals surface area contributed by atoms with Crippen LogP contribution in [0.25, 0.3) is 5.00 Å². The van der Waals surface area contributed by atoms with E-state index in [4.69, 9.17) is 4.99 Å². The maximum absolute atomic E-state index is 11.5. The molecule has 0 fully saturated rings. The van der Waals surface area contributed by atoms with Crippen LogP contribution in [0.5, 0.6) is 0 Å². The van der Waals surface area contributed by atoms with E-state index in [1.807, 2.05) is 35.8 Å². The molecule has 8 heteroatoms. The van der Waals surface area contributed by atoms with Gasteiger partial charge in [-0.25, -0.2) is 0 Å². The molecule has 1 atom stereocenters. The summed E-state index contributed by atoms with van der Waals surface area (Å²) in [6, 6.07) is 7.33. The normalized spacial score (nSPS) is 15.7. The van der Waals surface area contributed by atoms with E-state index >= 15 is 0 Å². The molecule has 1 aliphatic rings. The number of fused-ring (bicyclic) bond motifs is 3. The summed E-state index contributed by atoms with van der Waals surface area (Å²) in [5.74, 6) is 0.393. The largest absolute Gasteiger partial charge is 0.481 e. The molecule has 0 aliphatic carbocycles. The highest BCUT2D eigenvalue weighted by molar-refractivity contribution is 9.10. The number of aliphatic imine (C=N–C) groups is 1. The van der Waals surface area contributed by atoms with Crippen molar-refractivity contribution in [3.05, 3.63) is 62.0 Å². The molecule has 0 bridgehead atoms. The third kappa shape index (κ3) is 3.02. The highest BCUT2D eigenvalue weighted by atomic mass is 79.9. The van der Waals surface area contributed by atoms with Crippen molar-refractivity contribution in [2.75, 3.05) is 0 Å². The van der Waals surface area contributed by atoms with Crippen LogP contribution < -0.4 is 0 Å². The highest BCUT2D eigenvalue weighted by Crippen LogP contribution is 2.39. The number of halogens is 1. The number of aromatic nitrogens is 3. The van der Waals surface area contributed by atoms with Crippen LogP contribution in [-0.2, 0) is 4.79 Å². The number of hydrogen-bond donors (Lipinski definition) is 1. The molecule has 0 saturated carbocycles. The lowest BCUT2D eigenvalue weighted by molar-refractivity contribution is -0.137. The zero-order chi connectivity index (χ0) is 19.3. The van der Waals surface area contributed by atoms with Gasteiger partial charge in [0.15, 0.2) is 5.82 Å². The molecule has 1 unspecified atom stereocenters. The van der Waals surface area contributed by atoms with E-state index in [1.54, 1.807) is 11.3 Å². The van der Waals surface area contributed by atoms with Crippen LogP contribution in [0.1, 0.15) is 45.7 Å². The number of carbonyl (C=O) groups is 1. The van der Waals surface area contributed by atoms with Crippen molar-refractivity contribution in [1.82, 2.24) is 14.8 Å². The lowest BCUT2D eigenvalue weighted by Gasteiger charge is -2.10. The summed E-state index contributed by atoms with van der Waals surface area (Å²) >= 11 is 5.13. The quantitative estimate of drug-likeness (QED) is 0.649. The number of aliphatic carboxylic acids is 1. The maximum atomic E-state index is 11.5. The first-order chi connectivity index (χ1) is 12.9. The van der Waals surface area contributed by atoms with Crippen molar-refractivity contribution < 1.29 is 9.90 Å². The minimum absolute atomic E-state index is 0.134. The Morgan fingerprint density at radius 2 is 1.93 bits per heavy atom. The molecule has 1 aromatic carbocycles. The van der Waals surface area contributed by atoms with Crippen LogP contribution in [0.2, 0.25) is 0 Å². The summed E-state index contributed by atoms with van der Waals surface area (Å²) in [5, 5.41) is 18.9. The van der Waals surface area contributed by atoms with Crippen molar-refractivity contribution in [1.29, 1.82) is 0 Å². The number of benzene rings is 1. The zero-order valence-electron chi connectivity index (χ0n) is 15.0. The van der Waals surface area contributed by atoms with Gasteiger partial charge in [-0.1, -0.05) is 28.1 Å². The van der Waals surface area contributed by atoms with Crippen molar-refractivity contribution >= 4 is 38.9 Å². The maximum Gasteiger partial charge on any atom is 0.306 e. The molecule has 0 amide bonds. The average molecular weight is 445 g/mol. The minimum atomic E-state index is -0.913. The Labute approximate surface area is 168 Å². The third-order valence-electron chi connectivity index (χ3n) is 4.73. The van der Waals surface area contributed by atoms with Gasteiger partial charge in [0.25, 0.3) is 0 Å². The third-order valence-corrected chi connectivity index (χ3v) is 6.45. The van der Waals surface area contributed by atoms with E-state index < -0.39 is 12.0 Å². The highest BCUT2D eigenvalue weighted by Gasteiger charge is 2.32. The lowest BCUT2D eigenvalue weighted by Crippen LogP contribution is -2.10. The van der Waals surface area contributed by atoms with Gasteiger partial charge in [0.05, 0.1) is 12.1 Å². The monoisotopic (exact) mass is 444 g/mol. The van der Waals surface area contributed by atoms with Crippen molar-refractivity contribution in [3.63, 3.8) is 0 Å². The predicted molar refractivity (Wildman–Crippen MR) is 108 cm³/mol. The second-order valence-electron chi connectivity index (χ2n) is 6.50. The fourth-order valence-electron chi connectivity index (χ4n) is 3.30. The zero-order valence-corrected chi connectivity index (χ0v) is 17.4. The second-order valence-corrected chi connectivity index (χ2v) is 8.62. The summed E-state index contributed by atoms with van der Waals surface area (Å²) < 4.78 is 2.94. The fraction of sp³-hybridized carbons (Fsp3) is 0.263. The van der Waals surface area contributed by atoms with Crippen molar-refractivity contribution in [2.24, 2.45) is 4.99 Å². The number of hydrogen-bond acceptors (Lipinski definition) is 5. The SMILES string of the molecule is Cc1sc2c(c1C)C(c1ccc(Br)cc1)=NC(CC(=O)O)c1nnc(C)n1-2. The van der Waals surface area contributed by atoms with E-state index in [-0.39, 0.29) is 6.42 Å². The van der Waals surface area contributed by atoms with E-state index in [9.17, 15) is 9.90 Å². The summed E-state index contributed by atoms with van der Waals surface area (Å²) in [6.07, 6.45) is -0.134. The molecule has 4 rings (SSSR count). The number of rotatable bonds is 3. The van der Waals surface area contributed by atoms with Crippen LogP contribution in [-0.4, -0.2) is 31.6 Å². The molecule has 0 saturated heterocycles. The first-order valence-corrected chi connectivity index (χ1v) is 10.1. The molecule has 0 radical (unpaired) electrons. The Morgan fingerprint density at radius 3 is 2.59 bits per heavy atom. The first kappa shape index (κ1) is 18.1. The molecule has 6 nitrogen and oxygen atoms in total. The molecule has 1 aliphatic heterocycles. The Kier molecular flexibility index (Phi) is 4.47. The molecule has 1 N–H and O–H groups in total. The van der Waals surface area contributed by atoms with Gasteiger partial charge in [0.1, 0.15) is 16.9 Å². The lowest BCUT2D eigenvalue weighted by atomic mass is 10.00. The Bertz CT molecular complexity index is 1080. The Morgan fingerprint density at radius 1 is 1.22 bits per heavy atom. The van der Waals surface area contributed by atoms with Gasteiger partial charge in [-0.3, -0.25) is 14.4 Å². The summed E-state index contributed by atoms with van der Waals surface area (Å²) in [5.41, 5.74) is 3.92. The average Bonchev–Trinajstić information content (AvgIpc) is 3.08. The number of aryl methyl sites for hydroxylation is 2. The smallest absolute Gasteiger partial charge is 0.306 e. The van der Waals surface area contributed by atoms with E-state index in [0.717, 1.165) is 37.7 Å². The first-order valence-electron chi connectivity index (χ1n) is 8.45. The van der Waals surface area contributed by atoms with Gasteiger partial charge < -0.3 is 5.11 Å². The standard InChI is InChI=1S/C19H17BrN4O2S/c1-9-10(2)27-19-16(9)17(12-4-6-13(20)7-5-12)21-14(8-15(25)26)18-23-22-11(3)24(18)19/h4-7,14H,8H2,1-3H3,(H,25,26). The van der Waals surface area contributed by atoms with Crippen LogP contribution in [0.15, 0.2) is 33.7 Å². The molecule has 3 aromatic rings. The number of carboxylic acids is 1. The fourth-order valence-corrected chi connectivity index (χ4v) is 4.78. The molecule has 138 valence electrons. The molecule has 27 heavy (non-hydrogen) atoms. The molecular formula is C19H17BrN4O2S. The Balaban J connectivity index is 2.04. The predicted octanol–water partition coefficient (Wildman–Crippen LogP) is 4.38. The number of nitrogens with zero attached hydrogens (tertiary/aromatic N) is 4. The van der Waals surface area contributed by atoms with Crippen molar-refractivity contribution in [2.45, 2.75) is 33.2 Å². The van der Waals surface area contributed by atoms with Gasteiger partial charge >= 0.3 is 5.97 Å². The van der Waals surface area contributed by atoms with Gasteiger partial charge in [-0.05, 0) is 38.5 Å². The van der Waals surface area contributed by atoms with Gasteiger partial charge in [0, 0.05) is 20.5 Å². The van der Waals surface area contributed by atoms with Crippen LogP contribution >= 0.6 is 27.3 Å². The molecular weight excluding hydrogens is 428 g/mol.